The van der Waals surface area contributed by atoms with Crippen LogP contribution in [-0.4, -0.2) is 25.7 Å². The fourth-order valence-electron chi connectivity index (χ4n) is 2.81. The molecule has 27 heavy (non-hydrogen) atoms. The van der Waals surface area contributed by atoms with Gasteiger partial charge in [-0.25, -0.2) is 9.97 Å². The third-order valence-electron chi connectivity index (χ3n) is 4.62. The van der Waals surface area contributed by atoms with Crippen LogP contribution in [0.15, 0.2) is 36.7 Å². The molecule has 0 saturated heterocycles. The summed E-state index contributed by atoms with van der Waals surface area (Å²) in [5, 5.41) is 10.4. The Labute approximate surface area is 158 Å². The van der Waals surface area contributed by atoms with Crippen LogP contribution in [0.3, 0.4) is 0 Å². The van der Waals surface area contributed by atoms with Gasteiger partial charge in [0.15, 0.2) is 0 Å². The highest BCUT2D eigenvalue weighted by atomic mass is 16.1. The molecule has 2 N–H and O–H groups in total. The number of rotatable bonds is 5. The normalized spacial score (nSPS) is 11.9. The smallest absolute Gasteiger partial charge is 0.255 e. The van der Waals surface area contributed by atoms with Gasteiger partial charge in [0.05, 0.1) is 23.5 Å². The summed E-state index contributed by atoms with van der Waals surface area (Å²) in [6.07, 6.45) is 3.33. The third kappa shape index (κ3) is 4.13. The molecule has 0 aliphatic carbocycles. The predicted octanol–water partition coefficient (Wildman–Crippen LogP) is 3.37. The van der Waals surface area contributed by atoms with Gasteiger partial charge in [-0.3, -0.25) is 9.48 Å². The van der Waals surface area contributed by atoms with Gasteiger partial charge in [0, 0.05) is 30.2 Å². The SMILES string of the molecule is Cc1ccc(Nc2ncc(C(=O)N[C@H](C)c3cnn(C)c3C)c(C)n2)cc1. The molecule has 0 unspecified atom stereocenters. The highest BCUT2D eigenvalue weighted by Crippen LogP contribution is 2.18. The molecule has 3 rings (SSSR count). The van der Waals surface area contributed by atoms with Crippen molar-refractivity contribution in [2.75, 3.05) is 5.32 Å². The standard InChI is InChI=1S/C20H24N6O/c1-12-6-8-16(9-7-12)25-20-21-10-18(14(3)24-20)19(27)23-13(2)17-11-22-26(5)15(17)4/h6-11,13H,1-5H3,(H,23,27)(H,21,24,25)/t13-/m1/s1. The van der Waals surface area contributed by atoms with Crippen molar-refractivity contribution in [1.82, 2.24) is 25.1 Å². The molecule has 1 aromatic carbocycles. The van der Waals surface area contributed by atoms with Gasteiger partial charge >= 0.3 is 0 Å². The van der Waals surface area contributed by atoms with Gasteiger partial charge in [0.1, 0.15) is 0 Å². The van der Waals surface area contributed by atoms with Gasteiger partial charge < -0.3 is 10.6 Å². The Morgan fingerprint density at radius 3 is 2.41 bits per heavy atom. The fraction of sp³-hybridized carbons (Fsp3) is 0.300. The summed E-state index contributed by atoms with van der Waals surface area (Å²) >= 11 is 0. The minimum absolute atomic E-state index is 0.157. The minimum atomic E-state index is -0.204. The van der Waals surface area contributed by atoms with Crippen LogP contribution in [0.25, 0.3) is 0 Å². The maximum absolute atomic E-state index is 12.6. The Morgan fingerprint density at radius 1 is 1.11 bits per heavy atom. The first-order chi connectivity index (χ1) is 12.8. The molecule has 0 aliphatic rings. The van der Waals surface area contributed by atoms with Crippen LogP contribution in [0.2, 0.25) is 0 Å². The number of carbonyl (C=O) groups is 1. The number of anilines is 2. The van der Waals surface area contributed by atoms with Gasteiger partial charge in [0.25, 0.3) is 5.91 Å². The average Bonchev–Trinajstić information content (AvgIpc) is 2.96. The van der Waals surface area contributed by atoms with Gasteiger partial charge in [-0.05, 0) is 39.8 Å². The van der Waals surface area contributed by atoms with E-state index in [1.54, 1.807) is 24.0 Å². The maximum atomic E-state index is 12.6. The summed E-state index contributed by atoms with van der Waals surface area (Å²) in [5.74, 6) is 0.259. The quantitative estimate of drug-likeness (QED) is 0.725. The molecule has 0 saturated carbocycles. The second-order valence-electron chi connectivity index (χ2n) is 6.69. The van der Waals surface area contributed by atoms with Crippen molar-refractivity contribution in [3.8, 4) is 0 Å². The summed E-state index contributed by atoms with van der Waals surface area (Å²) in [6, 6.07) is 7.80. The summed E-state index contributed by atoms with van der Waals surface area (Å²) in [4.78, 5) is 21.3. The highest BCUT2D eigenvalue weighted by Gasteiger charge is 2.18. The number of aromatic nitrogens is 4. The molecule has 0 aliphatic heterocycles. The number of carbonyl (C=O) groups excluding carboxylic acids is 1. The second kappa shape index (κ2) is 7.57. The maximum Gasteiger partial charge on any atom is 0.255 e. The number of amides is 1. The van der Waals surface area contributed by atoms with Crippen LogP contribution in [0.4, 0.5) is 11.6 Å². The Morgan fingerprint density at radius 2 is 1.81 bits per heavy atom. The second-order valence-corrected chi connectivity index (χ2v) is 6.69. The third-order valence-corrected chi connectivity index (χ3v) is 4.62. The summed E-state index contributed by atoms with van der Waals surface area (Å²) < 4.78 is 1.79. The fourth-order valence-corrected chi connectivity index (χ4v) is 2.81. The molecule has 0 radical (unpaired) electrons. The zero-order chi connectivity index (χ0) is 19.6. The molecular weight excluding hydrogens is 340 g/mol. The molecule has 140 valence electrons. The number of nitrogens with one attached hydrogen (secondary N) is 2. The molecule has 0 spiro atoms. The lowest BCUT2D eigenvalue weighted by Gasteiger charge is -2.15. The molecule has 0 bridgehead atoms. The molecule has 0 fully saturated rings. The molecule has 2 aromatic heterocycles. The number of hydrogen-bond acceptors (Lipinski definition) is 5. The minimum Gasteiger partial charge on any atom is -0.345 e. The largest absolute Gasteiger partial charge is 0.345 e. The monoisotopic (exact) mass is 364 g/mol. The Hall–Kier alpha value is -3.22. The van der Waals surface area contributed by atoms with Crippen molar-refractivity contribution in [3.63, 3.8) is 0 Å². The van der Waals surface area contributed by atoms with E-state index in [4.69, 9.17) is 0 Å². The molecular formula is C20H24N6O. The number of benzene rings is 1. The topological polar surface area (TPSA) is 84.7 Å². The van der Waals surface area contributed by atoms with E-state index in [0.717, 1.165) is 16.9 Å². The van der Waals surface area contributed by atoms with Crippen LogP contribution in [-0.2, 0) is 7.05 Å². The van der Waals surface area contributed by atoms with E-state index in [9.17, 15) is 4.79 Å². The van der Waals surface area contributed by atoms with Crippen LogP contribution < -0.4 is 10.6 Å². The van der Waals surface area contributed by atoms with E-state index in [0.29, 0.717) is 17.2 Å². The van der Waals surface area contributed by atoms with Gasteiger partial charge in [-0.2, -0.15) is 5.10 Å². The van der Waals surface area contributed by atoms with E-state index in [-0.39, 0.29) is 11.9 Å². The van der Waals surface area contributed by atoms with E-state index in [1.807, 2.05) is 52.1 Å². The van der Waals surface area contributed by atoms with Crippen molar-refractivity contribution < 1.29 is 4.79 Å². The van der Waals surface area contributed by atoms with Crippen molar-refractivity contribution in [2.24, 2.45) is 7.05 Å². The molecule has 3 aromatic rings. The lowest BCUT2D eigenvalue weighted by Crippen LogP contribution is -2.28. The van der Waals surface area contributed by atoms with Gasteiger partial charge in [-0.15, -0.1) is 0 Å². The molecule has 7 nitrogen and oxygen atoms in total. The van der Waals surface area contributed by atoms with Gasteiger partial charge in [0.2, 0.25) is 5.95 Å². The van der Waals surface area contributed by atoms with Crippen LogP contribution in [0, 0.1) is 20.8 Å². The first kappa shape index (κ1) is 18.6. The Bertz CT molecular complexity index is 961. The molecule has 7 heteroatoms. The van der Waals surface area contributed by atoms with Crippen LogP contribution >= 0.6 is 0 Å². The van der Waals surface area contributed by atoms with Crippen molar-refractivity contribution in [1.29, 1.82) is 0 Å². The highest BCUT2D eigenvalue weighted by molar-refractivity contribution is 5.95. The first-order valence-corrected chi connectivity index (χ1v) is 8.82. The zero-order valence-electron chi connectivity index (χ0n) is 16.2. The van der Waals surface area contributed by atoms with Crippen LogP contribution in [0.5, 0.6) is 0 Å². The van der Waals surface area contributed by atoms with E-state index in [1.165, 1.54) is 5.56 Å². The van der Waals surface area contributed by atoms with E-state index >= 15 is 0 Å². The zero-order valence-corrected chi connectivity index (χ0v) is 16.2. The molecule has 1 atom stereocenters. The predicted molar refractivity (Wildman–Crippen MR) is 105 cm³/mol. The number of hydrogen-bond donors (Lipinski definition) is 2. The van der Waals surface area contributed by atoms with Crippen molar-refractivity contribution in [2.45, 2.75) is 33.7 Å². The Kier molecular flexibility index (Phi) is 5.21. The summed E-state index contributed by atoms with van der Waals surface area (Å²) in [7, 11) is 1.88. The van der Waals surface area contributed by atoms with E-state index < -0.39 is 0 Å². The van der Waals surface area contributed by atoms with Crippen LogP contribution in [0.1, 0.15) is 45.8 Å². The van der Waals surface area contributed by atoms with Crippen molar-refractivity contribution >= 4 is 17.5 Å². The average molecular weight is 364 g/mol. The molecule has 2 heterocycles. The lowest BCUT2D eigenvalue weighted by atomic mass is 10.1. The lowest BCUT2D eigenvalue weighted by molar-refractivity contribution is 0.0938. The summed E-state index contributed by atoms with van der Waals surface area (Å²) in [6.45, 7) is 7.75. The van der Waals surface area contributed by atoms with Crippen molar-refractivity contribution in [3.05, 3.63) is 64.7 Å². The first-order valence-electron chi connectivity index (χ1n) is 8.82. The van der Waals surface area contributed by atoms with E-state index in [2.05, 4.69) is 25.7 Å². The Balaban J connectivity index is 1.72. The number of nitrogens with zero attached hydrogens (tertiary/aromatic N) is 4. The molecule has 1 amide bonds. The number of aryl methyl sites for hydroxylation is 3. The summed E-state index contributed by atoms with van der Waals surface area (Å²) in [5.41, 5.74) is 5.17. The van der Waals surface area contributed by atoms with Gasteiger partial charge in [-0.1, -0.05) is 17.7 Å².